The lowest BCUT2D eigenvalue weighted by Gasteiger charge is -2.28. The Morgan fingerprint density at radius 1 is 1.35 bits per heavy atom. The Kier molecular flexibility index (Phi) is 4.77. The first-order chi connectivity index (χ1) is 7.89. The number of rotatable bonds is 4. The average molecular weight is 271 g/mol. The van der Waals surface area contributed by atoms with Gasteiger partial charge in [0.25, 0.3) is 0 Å². The molecule has 0 radical (unpaired) electrons. The molecule has 0 aliphatic rings. The molecule has 0 heterocycles. The molecule has 2 nitrogen and oxygen atoms in total. The molecule has 4 heteroatoms. The zero-order valence-corrected chi connectivity index (χ0v) is 12.5. The molecule has 1 aromatic rings. The third-order valence-corrected chi connectivity index (χ3v) is 7.79. The molecule has 0 spiro atoms. The predicted molar refractivity (Wildman–Crippen MR) is 74.6 cm³/mol. The van der Waals surface area contributed by atoms with Crippen LogP contribution < -0.4 is 5.19 Å². The minimum absolute atomic E-state index is 0.0522. The first-order valence-electron chi connectivity index (χ1n) is 5.82. The number of hydrogen-bond donors (Lipinski definition) is 0. The molecule has 0 amide bonds. The van der Waals surface area contributed by atoms with Crippen LogP contribution in [0.3, 0.4) is 0 Å². The second-order valence-electron chi connectivity index (χ2n) is 4.70. The van der Waals surface area contributed by atoms with Gasteiger partial charge in [-0.1, -0.05) is 48.9 Å². The Balaban J connectivity index is 2.93. The smallest absolute Gasteiger partial charge is 0.306 e. The van der Waals surface area contributed by atoms with Crippen molar-refractivity contribution in [2.45, 2.75) is 32.5 Å². The lowest BCUT2D eigenvalue weighted by Crippen LogP contribution is -2.48. The van der Waals surface area contributed by atoms with E-state index in [1.165, 1.54) is 5.19 Å². The van der Waals surface area contributed by atoms with Gasteiger partial charge in [-0.15, -0.1) is 0 Å². The number of carbonyl (C=O) groups is 1. The molecule has 0 aliphatic heterocycles. The monoisotopic (exact) mass is 270 g/mol. The number of carbonyl (C=O) groups excluding carboxylic acids is 1. The maximum atomic E-state index is 11.8. The van der Waals surface area contributed by atoms with E-state index in [-0.39, 0.29) is 11.5 Å². The molecule has 94 valence electrons. The lowest BCUT2D eigenvalue weighted by atomic mass is 10.4. The number of ether oxygens (including phenoxy) is 1. The fraction of sp³-hybridized carbons (Fsp3) is 0.462. The zero-order chi connectivity index (χ0) is 13.1. The van der Waals surface area contributed by atoms with Crippen LogP contribution in [0.5, 0.6) is 0 Å². The van der Waals surface area contributed by atoms with E-state index in [1.54, 1.807) is 0 Å². The van der Waals surface area contributed by atoms with Crippen molar-refractivity contribution in [1.82, 2.24) is 0 Å². The summed E-state index contributed by atoms with van der Waals surface area (Å²) in [5.41, 5.74) is -0.0522. The molecule has 0 unspecified atom stereocenters. The lowest BCUT2D eigenvalue weighted by molar-refractivity contribution is -0.142. The van der Waals surface area contributed by atoms with E-state index in [9.17, 15) is 4.79 Å². The Morgan fingerprint density at radius 2 is 1.88 bits per heavy atom. The highest BCUT2D eigenvalue weighted by Gasteiger charge is 2.36. The summed E-state index contributed by atoms with van der Waals surface area (Å²) in [7, 11) is -1.84. The average Bonchev–Trinajstić information content (AvgIpc) is 2.29. The topological polar surface area (TPSA) is 26.3 Å². The minimum Gasteiger partial charge on any atom is -0.466 e. The zero-order valence-electron chi connectivity index (χ0n) is 10.8. The Labute approximate surface area is 109 Å². The van der Waals surface area contributed by atoms with Gasteiger partial charge in [0.1, 0.15) is 0 Å². The standard InChI is InChI=1S/C13H19ClO2Si/c1-5-16-13(15)10(2)17(3,4)12-8-6-11(14)7-9-12/h6-10H,5H2,1-4H3/t10-/m0/s1. The second kappa shape index (κ2) is 5.69. The van der Waals surface area contributed by atoms with Crippen LogP contribution in [0.15, 0.2) is 24.3 Å². The molecule has 1 atom stereocenters. The minimum atomic E-state index is -1.84. The molecule has 0 N–H and O–H groups in total. The van der Waals surface area contributed by atoms with Gasteiger partial charge >= 0.3 is 5.97 Å². The van der Waals surface area contributed by atoms with E-state index in [0.717, 1.165) is 5.02 Å². The fourth-order valence-corrected chi connectivity index (χ4v) is 4.02. The van der Waals surface area contributed by atoms with E-state index in [1.807, 2.05) is 38.1 Å². The molecule has 1 aromatic carbocycles. The number of hydrogen-bond acceptors (Lipinski definition) is 2. The van der Waals surface area contributed by atoms with Crippen LogP contribution >= 0.6 is 11.6 Å². The molecule has 0 aromatic heterocycles. The van der Waals surface area contributed by atoms with Crippen LogP contribution in [0.25, 0.3) is 0 Å². The van der Waals surface area contributed by atoms with Gasteiger partial charge in [-0.2, -0.15) is 0 Å². The maximum Gasteiger partial charge on any atom is 0.306 e. The first kappa shape index (κ1) is 14.3. The normalized spacial score (nSPS) is 13.2. The van der Waals surface area contributed by atoms with Crippen molar-refractivity contribution in [1.29, 1.82) is 0 Å². The fourth-order valence-electron chi connectivity index (χ4n) is 1.69. The summed E-state index contributed by atoms with van der Waals surface area (Å²) in [4.78, 5) is 11.8. The maximum absolute atomic E-state index is 11.8. The summed E-state index contributed by atoms with van der Waals surface area (Å²) in [6.07, 6.45) is 0. The summed E-state index contributed by atoms with van der Waals surface area (Å²) < 4.78 is 5.10. The van der Waals surface area contributed by atoms with E-state index < -0.39 is 8.07 Å². The first-order valence-corrected chi connectivity index (χ1v) is 9.27. The molecule has 0 bridgehead atoms. The van der Waals surface area contributed by atoms with E-state index in [4.69, 9.17) is 16.3 Å². The van der Waals surface area contributed by atoms with Gasteiger partial charge in [-0.25, -0.2) is 0 Å². The van der Waals surface area contributed by atoms with Crippen molar-refractivity contribution in [3.05, 3.63) is 29.3 Å². The largest absolute Gasteiger partial charge is 0.466 e. The highest BCUT2D eigenvalue weighted by Crippen LogP contribution is 2.23. The Hall–Kier alpha value is -0.803. The Bertz CT molecular complexity index is 387. The Morgan fingerprint density at radius 3 is 2.35 bits per heavy atom. The molecule has 0 fully saturated rings. The van der Waals surface area contributed by atoms with Crippen LogP contribution in [0, 0.1) is 0 Å². The summed E-state index contributed by atoms with van der Waals surface area (Å²) in [6, 6.07) is 7.79. The van der Waals surface area contributed by atoms with Crippen molar-refractivity contribution >= 4 is 30.8 Å². The highest BCUT2D eigenvalue weighted by atomic mass is 35.5. The molecular formula is C13H19ClO2Si. The van der Waals surface area contributed by atoms with Crippen LogP contribution in [-0.2, 0) is 9.53 Å². The molecule has 17 heavy (non-hydrogen) atoms. The van der Waals surface area contributed by atoms with E-state index in [0.29, 0.717) is 6.61 Å². The van der Waals surface area contributed by atoms with E-state index >= 15 is 0 Å². The van der Waals surface area contributed by atoms with Crippen molar-refractivity contribution in [3.8, 4) is 0 Å². The van der Waals surface area contributed by atoms with Gasteiger partial charge in [-0.3, -0.25) is 4.79 Å². The van der Waals surface area contributed by atoms with Crippen molar-refractivity contribution in [2.24, 2.45) is 0 Å². The van der Waals surface area contributed by atoms with Crippen LogP contribution in [0.4, 0.5) is 0 Å². The van der Waals surface area contributed by atoms with Gasteiger partial charge in [0.2, 0.25) is 0 Å². The quantitative estimate of drug-likeness (QED) is 0.620. The van der Waals surface area contributed by atoms with Crippen LogP contribution in [0.1, 0.15) is 13.8 Å². The van der Waals surface area contributed by atoms with Crippen LogP contribution in [0.2, 0.25) is 23.7 Å². The second-order valence-corrected chi connectivity index (χ2v) is 10.0. The van der Waals surface area contributed by atoms with Gasteiger partial charge in [0.05, 0.1) is 20.2 Å². The third kappa shape index (κ3) is 3.33. The molecular weight excluding hydrogens is 252 g/mol. The molecule has 0 saturated heterocycles. The van der Waals surface area contributed by atoms with Gasteiger partial charge in [0, 0.05) is 5.02 Å². The van der Waals surface area contributed by atoms with Gasteiger partial charge in [-0.05, 0) is 19.1 Å². The third-order valence-electron chi connectivity index (χ3n) is 3.31. The molecule has 1 rings (SSSR count). The van der Waals surface area contributed by atoms with Crippen LogP contribution in [-0.4, -0.2) is 20.7 Å². The summed E-state index contributed by atoms with van der Waals surface area (Å²) in [5.74, 6) is -0.0980. The highest BCUT2D eigenvalue weighted by molar-refractivity contribution is 6.93. The molecule has 0 aliphatic carbocycles. The van der Waals surface area contributed by atoms with Crippen molar-refractivity contribution in [3.63, 3.8) is 0 Å². The number of halogens is 1. The van der Waals surface area contributed by atoms with Crippen molar-refractivity contribution < 1.29 is 9.53 Å². The van der Waals surface area contributed by atoms with Gasteiger partial charge in [0.15, 0.2) is 0 Å². The summed E-state index contributed by atoms with van der Waals surface area (Å²) in [6.45, 7) is 8.59. The van der Waals surface area contributed by atoms with Gasteiger partial charge < -0.3 is 4.74 Å². The van der Waals surface area contributed by atoms with Crippen molar-refractivity contribution in [2.75, 3.05) is 6.61 Å². The summed E-state index contributed by atoms with van der Waals surface area (Å²) in [5, 5.41) is 1.95. The number of benzene rings is 1. The molecule has 0 saturated carbocycles. The summed E-state index contributed by atoms with van der Waals surface area (Å²) >= 11 is 5.88. The SMILES string of the molecule is CCOC(=O)[C@H](C)[Si](C)(C)c1ccc(Cl)cc1. The predicted octanol–water partition coefficient (Wildman–Crippen LogP) is 3.21. The number of esters is 1. The van der Waals surface area contributed by atoms with E-state index in [2.05, 4.69) is 13.1 Å².